The molecule has 0 saturated heterocycles. The van der Waals surface area contributed by atoms with Crippen LogP contribution in [-0.4, -0.2) is 61.8 Å². The number of nitrogens with one attached hydrogen (secondary N) is 2. The van der Waals surface area contributed by atoms with Crippen LogP contribution >= 0.6 is 0 Å². The summed E-state index contributed by atoms with van der Waals surface area (Å²) >= 11 is 0. The van der Waals surface area contributed by atoms with Gasteiger partial charge in [-0.3, -0.25) is 14.3 Å². The predicted molar refractivity (Wildman–Crippen MR) is 127 cm³/mol. The zero-order chi connectivity index (χ0) is 26.9. The zero-order valence-electron chi connectivity index (χ0n) is 22.4. The molecule has 1 saturated carbocycles. The molecule has 2 heterocycles. The average molecular weight is 468 g/mol. The number of amides is 2. The van der Waals surface area contributed by atoms with Crippen LogP contribution in [0.5, 0.6) is 5.75 Å². The Kier molecular flexibility index (Phi) is 5.41. The molecule has 1 aliphatic carbocycles. The van der Waals surface area contributed by atoms with Crippen molar-refractivity contribution in [2.75, 3.05) is 24.7 Å². The molecule has 3 aromatic rings. The van der Waals surface area contributed by atoms with Crippen LogP contribution in [0.15, 0.2) is 30.6 Å². The van der Waals surface area contributed by atoms with Crippen LogP contribution < -0.4 is 15.4 Å². The van der Waals surface area contributed by atoms with Crippen molar-refractivity contribution in [3.8, 4) is 17.1 Å². The number of para-hydroxylation sites is 1. The Hall–Kier alpha value is -4.02. The van der Waals surface area contributed by atoms with Crippen LogP contribution in [0.1, 0.15) is 41.3 Å². The Morgan fingerprint density at radius 3 is 2.68 bits per heavy atom. The number of hydrogen-bond donors (Lipinski definition) is 2. The van der Waals surface area contributed by atoms with Crippen molar-refractivity contribution in [3.05, 3.63) is 36.3 Å². The Morgan fingerprint density at radius 2 is 2.06 bits per heavy atom. The van der Waals surface area contributed by atoms with E-state index in [9.17, 15) is 9.59 Å². The molecular formula is C23H28N8O3. The molecule has 2 aromatic heterocycles. The summed E-state index contributed by atoms with van der Waals surface area (Å²) in [6.07, 6.45) is 3.16. The second-order valence-electron chi connectivity index (χ2n) is 8.28. The Labute approximate surface area is 201 Å². The van der Waals surface area contributed by atoms with Gasteiger partial charge in [0.1, 0.15) is 6.33 Å². The van der Waals surface area contributed by atoms with E-state index in [1.165, 1.54) is 13.2 Å². The summed E-state index contributed by atoms with van der Waals surface area (Å²) in [6, 6.07) is 6.06. The first kappa shape index (κ1) is 19.4. The van der Waals surface area contributed by atoms with Gasteiger partial charge in [0, 0.05) is 36.2 Å². The molecule has 34 heavy (non-hydrogen) atoms. The number of carbonyl (C=O) groups is 2. The Morgan fingerprint density at radius 1 is 1.26 bits per heavy atom. The lowest BCUT2D eigenvalue weighted by Gasteiger charge is -2.22. The summed E-state index contributed by atoms with van der Waals surface area (Å²) in [4.78, 5) is 30.8. The maximum atomic E-state index is 13.4. The van der Waals surface area contributed by atoms with Gasteiger partial charge in [0.15, 0.2) is 23.1 Å². The maximum Gasteiger partial charge on any atom is 0.276 e. The number of aromatic nitrogens is 5. The third-order valence-electron chi connectivity index (χ3n) is 5.26. The minimum Gasteiger partial charge on any atom is -0.494 e. The molecule has 11 heteroatoms. The fraction of sp³-hybridized carbons (Fsp3) is 0.391. The number of methoxy groups -OCH3 is 1. The number of anilines is 3. The van der Waals surface area contributed by atoms with Crippen molar-refractivity contribution >= 4 is 29.0 Å². The molecule has 0 atom stereocenters. The third-order valence-corrected chi connectivity index (χ3v) is 5.26. The highest BCUT2D eigenvalue weighted by atomic mass is 16.5. The summed E-state index contributed by atoms with van der Waals surface area (Å²) in [5.41, 5.74) is 0.957. The largest absolute Gasteiger partial charge is 0.494 e. The van der Waals surface area contributed by atoms with E-state index in [0.29, 0.717) is 22.8 Å². The standard InChI is InChI=1S/C23H28N8O3/c1-13(2)31(4)23(33)19-17(11-18(27-28-19)26-22(32)14-9-10-14)25-16-8-6-7-15(20(16)34-5)21-24-12-30(3)29-21/h6-8,11-14H,9-10H2,1-5H3,(H2,25,26,27,32)/i4D3. The molecule has 0 radical (unpaired) electrons. The lowest BCUT2D eigenvalue weighted by Crippen LogP contribution is -2.34. The van der Waals surface area contributed by atoms with E-state index in [1.807, 2.05) is 0 Å². The molecule has 2 amide bonds. The van der Waals surface area contributed by atoms with E-state index >= 15 is 0 Å². The van der Waals surface area contributed by atoms with Crippen LogP contribution in [0, 0.1) is 5.92 Å². The van der Waals surface area contributed by atoms with Gasteiger partial charge >= 0.3 is 0 Å². The number of benzene rings is 1. The number of rotatable bonds is 8. The van der Waals surface area contributed by atoms with E-state index in [1.54, 1.807) is 50.1 Å². The number of nitrogens with zero attached hydrogens (tertiary/aromatic N) is 6. The van der Waals surface area contributed by atoms with Crippen molar-refractivity contribution in [2.45, 2.75) is 32.7 Å². The normalized spacial score (nSPS) is 14.7. The molecule has 2 N–H and O–H groups in total. The SMILES string of the molecule is [2H]C([2H])([2H])N(C(=O)c1nnc(NC(=O)C2CC2)cc1Nc1cccc(-c2ncn(C)n2)c1OC)C(C)C. The Bertz CT molecular complexity index is 1320. The van der Waals surface area contributed by atoms with Gasteiger partial charge in [0.2, 0.25) is 5.91 Å². The van der Waals surface area contributed by atoms with Crippen LogP contribution in [0.3, 0.4) is 0 Å². The van der Waals surface area contributed by atoms with Gasteiger partial charge in [-0.25, -0.2) is 4.98 Å². The van der Waals surface area contributed by atoms with Crippen molar-refractivity contribution < 1.29 is 18.4 Å². The van der Waals surface area contributed by atoms with Crippen LogP contribution in [0.25, 0.3) is 11.4 Å². The first-order chi connectivity index (χ1) is 17.5. The lowest BCUT2D eigenvalue weighted by atomic mass is 10.1. The average Bonchev–Trinajstić information content (AvgIpc) is 3.58. The monoisotopic (exact) mass is 467 g/mol. The minimum absolute atomic E-state index is 0.0749. The first-order valence-electron chi connectivity index (χ1n) is 12.3. The molecule has 1 aromatic carbocycles. The quantitative estimate of drug-likeness (QED) is 0.518. The second kappa shape index (κ2) is 9.46. The molecule has 11 nitrogen and oxygen atoms in total. The molecule has 4 rings (SSSR count). The molecule has 0 bridgehead atoms. The minimum atomic E-state index is -2.70. The Balaban J connectivity index is 1.78. The lowest BCUT2D eigenvalue weighted by molar-refractivity contribution is -0.117. The van der Waals surface area contributed by atoms with Gasteiger partial charge < -0.3 is 20.3 Å². The number of aryl methyl sites for hydroxylation is 1. The highest BCUT2D eigenvalue weighted by Crippen LogP contribution is 2.37. The molecule has 0 unspecified atom stereocenters. The van der Waals surface area contributed by atoms with Gasteiger partial charge in [-0.15, -0.1) is 10.2 Å². The fourth-order valence-electron chi connectivity index (χ4n) is 3.27. The number of ether oxygens (including phenoxy) is 1. The van der Waals surface area contributed by atoms with E-state index in [0.717, 1.165) is 17.7 Å². The fourth-order valence-corrected chi connectivity index (χ4v) is 3.27. The molecule has 0 spiro atoms. The van der Waals surface area contributed by atoms with E-state index in [4.69, 9.17) is 8.85 Å². The second-order valence-corrected chi connectivity index (χ2v) is 8.28. The summed E-state index contributed by atoms with van der Waals surface area (Å²) in [5.74, 6) is -0.156. The van der Waals surface area contributed by atoms with Crippen LogP contribution in [-0.2, 0) is 11.8 Å². The summed E-state index contributed by atoms with van der Waals surface area (Å²) in [5, 5.41) is 18.2. The van der Waals surface area contributed by atoms with Gasteiger partial charge in [0.25, 0.3) is 5.91 Å². The molecule has 1 fully saturated rings. The highest BCUT2D eigenvalue weighted by Gasteiger charge is 2.30. The molecule has 1 aliphatic rings. The third kappa shape index (κ3) is 4.82. The van der Waals surface area contributed by atoms with Crippen molar-refractivity contribution in [2.24, 2.45) is 13.0 Å². The number of hydrogen-bond acceptors (Lipinski definition) is 8. The van der Waals surface area contributed by atoms with Crippen molar-refractivity contribution in [1.29, 1.82) is 0 Å². The zero-order valence-corrected chi connectivity index (χ0v) is 19.4. The van der Waals surface area contributed by atoms with Crippen molar-refractivity contribution in [1.82, 2.24) is 29.9 Å². The smallest absolute Gasteiger partial charge is 0.276 e. The summed E-state index contributed by atoms with van der Waals surface area (Å²) in [7, 11) is 3.23. The van der Waals surface area contributed by atoms with Crippen LogP contribution in [0.2, 0.25) is 0 Å². The molecular weight excluding hydrogens is 436 g/mol. The highest BCUT2D eigenvalue weighted by molar-refractivity contribution is 6.00. The molecule has 0 aliphatic heterocycles. The van der Waals surface area contributed by atoms with Crippen LogP contribution in [0.4, 0.5) is 17.2 Å². The van der Waals surface area contributed by atoms with Crippen molar-refractivity contribution in [3.63, 3.8) is 0 Å². The van der Waals surface area contributed by atoms with Gasteiger partial charge in [-0.05, 0) is 38.8 Å². The van der Waals surface area contributed by atoms with Gasteiger partial charge in [0.05, 0.1) is 24.0 Å². The molecule has 178 valence electrons. The van der Waals surface area contributed by atoms with E-state index < -0.39 is 18.9 Å². The number of carbonyl (C=O) groups excluding carboxylic acids is 2. The summed E-state index contributed by atoms with van der Waals surface area (Å²) in [6.45, 7) is 0.494. The van der Waals surface area contributed by atoms with Gasteiger partial charge in [-0.1, -0.05) is 6.07 Å². The first-order valence-corrected chi connectivity index (χ1v) is 10.8. The van der Waals surface area contributed by atoms with Gasteiger partial charge in [-0.2, -0.15) is 5.10 Å². The maximum absolute atomic E-state index is 13.4. The summed E-state index contributed by atoms with van der Waals surface area (Å²) < 4.78 is 30.7. The van der Waals surface area contributed by atoms with E-state index in [2.05, 4.69) is 30.9 Å². The predicted octanol–water partition coefficient (Wildman–Crippen LogP) is 2.85. The van der Waals surface area contributed by atoms with E-state index in [-0.39, 0.29) is 29.0 Å². The topological polar surface area (TPSA) is 127 Å².